The third-order valence-corrected chi connectivity index (χ3v) is 4.11. The zero-order valence-corrected chi connectivity index (χ0v) is 13.3. The average molecular weight is 310 g/mol. The summed E-state index contributed by atoms with van der Waals surface area (Å²) in [5.74, 6) is -0.281. The second-order valence-electron chi connectivity index (χ2n) is 5.78. The minimum absolute atomic E-state index is 0.00677. The summed E-state index contributed by atoms with van der Waals surface area (Å²) in [6.07, 6.45) is 1.04. The number of benzene rings is 2. The van der Waals surface area contributed by atoms with Gasteiger partial charge in [-0.3, -0.25) is 4.79 Å². The van der Waals surface area contributed by atoms with Crippen LogP contribution in [0.15, 0.2) is 53.6 Å². The fraction of sp³-hybridized carbons (Fsp3) is 0.263. The van der Waals surface area contributed by atoms with Gasteiger partial charge in [0.25, 0.3) is 0 Å². The number of aryl methyl sites for hydroxylation is 1. The smallest absolute Gasteiger partial charge is 0.242 e. The summed E-state index contributed by atoms with van der Waals surface area (Å²) in [5, 5.41) is 6.09. The standard InChI is InChI=1S/C19H19FN2O/c1-3-19(23)22-18(15-6-4-13(2)5-7-15)12-17(21-22)14-8-10-16(20)11-9-14/h4-11,18H,3,12H2,1-2H3. The van der Waals surface area contributed by atoms with Crippen molar-refractivity contribution in [2.24, 2.45) is 5.10 Å². The van der Waals surface area contributed by atoms with Gasteiger partial charge in [0, 0.05) is 12.8 Å². The first-order valence-corrected chi connectivity index (χ1v) is 7.80. The molecule has 1 atom stereocenters. The molecule has 0 aromatic heterocycles. The molecule has 0 saturated carbocycles. The maximum atomic E-state index is 13.1. The zero-order chi connectivity index (χ0) is 16.4. The van der Waals surface area contributed by atoms with Crippen molar-refractivity contribution >= 4 is 11.6 Å². The highest BCUT2D eigenvalue weighted by Gasteiger charge is 2.32. The molecule has 4 heteroatoms. The van der Waals surface area contributed by atoms with Crippen LogP contribution in [0.1, 0.15) is 42.5 Å². The fourth-order valence-electron chi connectivity index (χ4n) is 2.77. The molecule has 3 nitrogen and oxygen atoms in total. The first-order valence-electron chi connectivity index (χ1n) is 7.80. The lowest BCUT2D eigenvalue weighted by atomic mass is 9.97. The maximum Gasteiger partial charge on any atom is 0.242 e. The van der Waals surface area contributed by atoms with Gasteiger partial charge >= 0.3 is 0 Å². The van der Waals surface area contributed by atoms with E-state index < -0.39 is 0 Å². The van der Waals surface area contributed by atoms with E-state index >= 15 is 0 Å². The minimum atomic E-state index is -0.274. The molecule has 0 N–H and O–H groups in total. The Hall–Kier alpha value is -2.49. The largest absolute Gasteiger partial charge is 0.273 e. The van der Waals surface area contributed by atoms with E-state index in [1.54, 1.807) is 17.1 Å². The number of halogens is 1. The lowest BCUT2D eigenvalue weighted by molar-refractivity contribution is -0.132. The van der Waals surface area contributed by atoms with Gasteiger partial charge in [-0.25, -0.2) is 9.40 Å². The number of hydrazone groups is 1. The van der Waals surface area contributed by atoms with Gasteiger partial charge in [0.05, 0.1) is 11.8 Å². The van der Waals surface area contributed by atoms with E-state index in [4.69, 9.17) is 0 Å². The number of nitrogens with zero attached hydrogens (tertiary/aromatic N) is 2. The van der Waals surface area contributed by atoms with Gasteiger partial charge in [-0.2, -0.15) is 5.10 Å². The lowest BCUT2D eigenvalue weighted by Crippen LogP contribution is -2.26. The van der Waals surface area contributed by atoms with Gasteiger partial charge in [-0.1, -0.05) is 48.9 Å². The first kappa shape index (κ1) is 15.4. The van der Waals surface area contributed by atoms with E-state index in [1.165, 1.54) is 17.7 Å². The molecule has 3 rings (SSSR count). The third-order valence-electron chi connectivity index (χ3n) is 4.11. The molecule has 2 aromatic rings. The molecule has 0 fully saturated rings. The second kappa shape index (κ2) is 6.32. The van der Waals surface area contributed by atoms with Crippen molar-refractivity contribution in [1.82, 2.24) is 5.01 Å². The Labute approximate surface area is 135 Å². The maximum absolute atomic E-state index is 13.1. The molecule has 2 aromatic carbocycles. The van der Waals surface area contributed by atoms with E-state index in [1.807, 2.05) is 38.1 Å². The Bertz CT molecular complexity index is 735. The molecule has 0 radical (unpaired) electrons. The van der Waals surface area contributed by atoms with Gasteiger partial charge < -0.3 is 0 Å². The topological polar surface area (TPSA) is 32.7 Å². The van der Waals surface area contributed by atoms with Crippen molar-refractivity contribution in [3.8, 4) is 0 Å². The van der Waals surface area contributed by atoms with Crippen molar-refractivity contribution in [2.75, 3.05) is 0 Å². The highest BCUT2D eigenvalue weighted by molar-refractivity contribution is 6.03. The summed E-state index contributed by atoms with van der Waals surface area (Å²) < 4.78 is 13.1. The summed E-state index contributed by atoms with van der Waals surface area (Å²) in [4.78, 5) is 12.3. The average Bonchev–Trinajstić information content (AvgIpc) is 3.00. The van der Waals surface area contributed by atoms with Gasteiger partial charge in [-0.05, 0) is 30.2 Å². The number of hydrogen-bond donors (Lipinski definition) is 0. The van der Waals surface area contributed by atoms with Crippen molar-refractivity contribution in [2.45, 2.75) is 32.7 Å². The van der Waals surface area contributed by atoms with Crippen LogP contribution in [0.5, 0.6) is 0 Å². The Kier molecular flexibility index (Phi) is 4.24. The van der Waals surface area contributed by atoms with Crippen LogP contribution >= 0.6 is 0 Å². The molecule has 0 spiro atoms. The van der Waals surface area contributed by atoms with Crippen LogP contribution in [-0.4, -0.2) is 16.6 Å². The van der Waals surface area contributed by atoms with Crippen LogP contribution in [0.3, 0.4) is 0 Å². The molecule has 23 heavy (non-hydrogen) atoms. The number of rotatable bonds is 3. The van der Waals surface area contributed by atoms with Gasteiger partial charge in [-0.15, -0.1) is 0 Å². The van der Waals surface area contributed by atoms with E-state index in [0.717, 1.165) is 16.8 Å². The summed E-state index contributed by atoms with van der Waals surface area (Å²) in [6.45, 7) is 3.87. The highest BCUT2D eigenvalue weighted by atomic mass is 19.1. The van der Waals surface area contributed by atoms with Crippen molar-refractivity contribution < 1.29 is 9.18 Å². The Morgan fingerprint density at radius 3 is 2.43 bits per heavy atom. The molecular weight excluding hydrogens is 291 g/mol. The first-order chi connectivity index (χ1) is 11.1. The number of amides is 1. The quantitative estimate of drug-likeness (QED) is 0.835. The Morgan fingerprint density at radius 1 is 1.17 bits per heavy atom. The summed E-state index contributed by atoms with van der Waals surface area (Å²) in [7, 11) is 0. The third kappa shape index (κ3) is 3.16. The number of carbonyl (C=O) groups excluding carboxylic acids is 1. The van der Waals surface area contributed by atoms with Crippen LogP contribution < -0.4 is 0 Å². The minimum Gasteiger partial charge on any atom is -0.273 e. The molecule has 1 heterocycles. The summed E-state index contributed by atoms with van der Waals surface area (Å²) in [5.41, 5.74) is 3.92. The highest BCUT2D eigenvalue weighted by Crippen LogP contribution is 2.33. The van der Waals surface area contributed by atoms with E-state index in [2.05, 4.69) is 5.10 Å². The van der Waals surface area contributed by atoms with E-state index in [9.17, 15) is 9.18 Å². The van der Waals surface area contributed by atoms with Crippen LogP contribution in [0, 0.1) is 12.7 Å². The fourth-order valence-corrected chi connectivity index (χ4v) is 2.77. The summed E-state index contributed by atoms with van der Waals surface area (Å²) >= 11 is 0. The van der Waals surface area contributed by atoms with Gasteiger partial charge in [0.15, 0.2) is 0 Å². The SMILES string of the molecule is CCC(=O)N1N=C(c2ccc(F)cc2)CC1c1ccc(C)cc1. The molecule has 1 aliphatic heterocycles. The molecule has 118 valence electrons. The normalized spacial score (nSPS) is 17.3. The lowest BCUT2D eigenvalue weighted by Gasteiger charge is -2.21. The van der Waals surface area contributed by atoms with Crippen LogP contribution in [0.4, 0.5) is 4.39 Å². The van der Waals surface area contributed by atoms with E-state index in [-0.39, 0.29) is 17.8 Å². The zero-order valence-electron chi connectivity index (χ0n) is 13.3. The predicted molar refractivity (Wildman–Crippen MR) is 88.6 cm³/mol. The van der Waals surface area contributed by atoms with Crippen molar-refractivity contribution in [3.63, 3.8) is 0 Å². The molecule has 0 saturated heterocycles. The number of carbonyl (C=O) groups is 1. The number of hydrogen-bond acceptors (Lipinski definition) is 2. The van der Waals surface area contributed by atoms with Crippen molar-refractivity contribution in [1.29, 1.82) is 0 Å². The molecule has 0 aliphatic carbocycles. The van der Waals surface area contributed by atoms with Crippen LogP contribution in [0.2, 0.25) is 0 Å². The van der Waals surface area contributed by atoms with Crippen molar-refractivity contribution in [3.05, 3.63) is 71.0 Å². The molecule has 1 amide bonds. The van der Waals surface area contributed by atoms with Gasteiger partial charge in [0.1, 0.15) is 5.82 Å². The Morgan fingerprint density at radius 2 is 1.83 bits per heavy atom. The monoisotopic (exact) mass is 310 g/mol. The summed E-state index contributed by atoms with van der Waals surface area (Å²) in [6, 6.07) is 14.3. The van der Waals surface area contributed by atoms with Crippen LogP contribution in [0.25, 0.3) is 0 Å². The molecule has 1 unspecified atom stereocenters. The van der Waals surface area contributed by atoms with Gasteiger partial charge in [0.2, 0.25) is 5.91 Å². The molecular formula is C19H19FN2O. The second-order valence-corrected chi connectivity index (χ2v) is 5.78. The van der Waals surface area contributed by atoms with Crippen LogP contribution in [-0.2, 0) is 4.79 Å². The molecule has 1 aliphatic rings. The van der Waals surface area contributed by atoms with E-state index in [0.29, 0.717) is 12.8 Å². The predicted octanol–water partition coefficient (Wildman–Crippen LogP) is 4.22. The Balaban J connectivity index is 1.93. The molecule has 0 bridgehead atoms.